The van der Waals surface area contributed by atoms with E-state index in [4.69, 9.17) is 13.9 Å². The average molecular weight is 738 g/mol. The van der Waals surface area contributed by atoms with Crippen molar-refractivity contribution >= 4 is 77.5 Å². The predicted molar refractivity (Wildman–Crippen MR) is 162 cm³/mol. The number of halogens is 3. The van der Waals surface area contributed by atoms with Crippen molar-refractivity contribution in [1.29, 1.82) is 0 Å². The van der Waals surface area contributed by atoms with E-state index in [1.165, 1.54) is 0 Å². The molecule has 0 aliphatic carbocycles. The first-order valence-corrected chi connectivity index (χ1v) is 14.0. The van der Waals surface area contributed by atoms with Crippen LogP contribution in [0.4, 0.5) is 0 Å². The quantitative estimate of drug-likeness (QED) is 0.0775. The fourth-order valence-electron chi connectivity index (χ4n) is 3.64. The third-order valence-electron chi connectivity index (χ3n) is 5.25. The maximum absolute atomic E-state index is 12.6. The summed E-state index contributed by atoms with van der Waals surface area (Å²) in [6.45, 7) is 6.66. The number of rotatable bonds is 10. The van der Waals surface area contributed by atoms with Gasteiger partial charge in [0.05, 0.1) is 16.4 Å². The van der Waals surface area contributed by atoms with Crippen molar-refractivity contribution in [1.82, 2.24) is 5.43 Å². The van der Waals surface area contributed by atoms with Gasteiger partial charge in [-0.15, -0.1) is 6.58 Å². The lowest BCUT2D eigenvalue weighted by Crippen LogP contribution is -2.16. The lowest BCUT2D eigenvalue weighted by atomic mass is 10.1. The van der Waals surface area contributed by atoms with E-state index >= 15 is 0 Å². The summed E-state index contributed by atoms with van der Waals surface area (Å²) in [4.78, 5) is 12.6. The van der Waals surface area contributed by atoms with Crippen LogP contribution >= 0.6 is 54.5 Å². The lowest BCUT2D eigenvalue weighted by molar-refractivity contribution is 0.0929. The Morgan fingerprint density at radius 1 is 1.11 bits per heavy atom. The number of fused-ring (bicyclic) bond motifs is 1. The fraction of sp³-hybridized carbons (Fsp3) is 0.143. The average Bonchev–Trinajstić information content (AvgIpc) is 3.30. The van der Waals surface area contributed by atoms with Gasteiger partial charge in [0, 0.05) is 19.9 Å². The van der Waals surface area contributed by atoms with Crippen LogP contribution in [-0.4, -0.2) is 18.7 Å². The summed E-state index contributed by atoms with van der Waals surface area (Å²) in [5.74, 6) is 1.01. The molecule has 37 heavy (non-hydrogen) atoms. The molecule has 9 heteroatoms. The van der Waals surface area contributed by atoms with Crippen molar-refractivity contribution in [2.24, 2.45) is 5.10 Å². The van der Waals surface area contributed by atoms with Crippen LogP contribution in [0.25, 0.3) is 11.0 Å². The van der Waals surface area contributed by atoms with E-state index in [9.17, 15) is 4.79 Å². The van der Waals surface area contributed by atoms with Crippen LogP contribution in [-0.2, 0) is 13.0 Å². The molecule has 0 bridgehead atoms. The standard InChI is InChI=1S/C28H23Br2IN2O4/c1-3-5-19-10-18(11-24(35-4-2)27(19)36-16-17-6-8-21(29)9-7-17)15-32-33-28(34)25-13-20-12-22(30)14-23(31)26(20)37-25/h3,6-15H,1,4-5,16H2,2H3,(H,33,34)/b32-15-. The largest absolute Gasteiger partial charge is 0.490 e. The van der Waals surface area contributed by atoms with Crippen LogP contribution in [0.15, 0.2) is 85.7 Å². The first kappa shape index (κ1) is 27.4. The number of nitrogens with zero attached hydrogens (tertiary/aromatic N) is 1. The van der Waals surface area contributed by atoms with Crippen LogP contribution in [0.1, 0.15) is 34.2 Å². The lowest BCUT2D eigenvalue weighted by Gasteiger charge is -2.17. The van der Waals surface area contributed by atoms with Crippen molar-refractivity contribution in [3.63, 3.8) is 0 Å². The van der Waals surface area contributed by atoms with Crippen molar-refractivity contribution in [3.05, 3.63) is 102 Å². The Labute approximate surface area is 245 Å². The first-order valence-electron chi connectivity index (χ1n) is 11.4. The van der Waals surface area contributed by atoms with Gasteiger partial charge in [-0.25, -0.2) is 5.43 Å². The topological polar surface area (TPSA) is 73.1 Å². The van der Waals surface area contributed by atoms with E-state index in [1.54, 1.807) is 12.3 Å². The number of hydrogen-bond donors (Lipinski definition) is 1. The summed E-state index contributed by atoms with van der Waals surface area (Å²) in [6.07, 6.45) is 3.95. The summed E-state index contributed by atoms with van der Waals surface area (Å²) in [5.41, 5.74) is 5.89. The number of ether oxygens (including phenoxy) is 2. The van der Waals surface area contributed by atoms with Gasteiger partial charge in [0.2, 0.25) is 0 Å². The smallest absolute Gasteiger partial charge is 0.307 e. The molecule has 4 rings (SSSR count). The SMILES string of the molecule is C=CCc1cc(/C=N\NC(=O)c2cc3cc(Br)cc(I)c3o2)cc(OCC)c1OCc1ccc(Br)cc1. The molecule has 0 atom stereocenters. The number of hydrogen-bond acceptors (Lipinski definition) is 5. The van der Waals surface area contributed by atoms with Gasteiger partial charge in [-0.1, -0.05) is 50.1 Å². The number of carbonyl (C=O) groups is 1. The van der Waals surface area contributed by atoms with Gasteiger partial charge >= 0.3 is 5.91 Å². The molecule has 1 heterocycles. The minimum Gasteiger partial charge on any atom is -0.490 e. The highest BCUT2D eigenvalue weighted by atomic mass is 127. The molecule has 0 saturated heterocycles. The number of allylic oxidation sites excluding steroid dienone is 1. The highest BCUT2D eigenvalue weighted by Crippen LogP contribution is 2.34. The molecule has 1 amide bonds. The molecule has 0 fully saturated rings. The molecule has 0 aliphatic heterocycles. The molecule has 190 valence electrons. The molecular formula is C28H23Br2IN2O4. The zero-order valence-corrected chi connectivity index (χ0v) is 25.2. The minimum atomic E-state index is -0.440. The van der Waals surface area contributed by atoms with Crippen LogP contribution < -0.4 is 14.9 Å². The van der Waals surface area contributed by atoms with E-state index in [-0.39, 0.29) is 5.76 Å². The Morgan fingerprint density at radius 2 is 1.89 bits per heavy atom. The summed E-state index contributed by atoms with van der Waals surface area (Å²) < 4.78 is 20.6. The molecule has 3 aromatic carbocycles. The number of amides is 1. The molecule has 0 unspecified atom stereocenters. The molecular weight excluding hydrogens is 715 g/mol. The molecule has 6 nitrogen and oxygen atoms in total. The molecule has 0 spiro atoms. The van der Waals surface area contributed by atoms with E-state index in [2.05, 4.69) is 71.6 Å². The Kier molecular flexibility index (Phi) is 9.44. The molecule has 0 aliphatic rings. The first-order chi connectivity index (χ1) is 17.9. The van der Waals surface area contributed by atoms with Crippen LogP contribution in [0.2, 0.25) is 0 Å². The zero-order chi connectivity index (χ0) is 26.4. The number of benzene rings is 3. The highest BCUT2D eigenvalue weighted by Gasteiger charge is 2.15. The van der Waals surface area contributed by atoms with Crippen molar-refractivity contribution < 1.29 is 18.7 Å². The van der Waals surface area contributed by atoms with Crippen LogP contribution in [0, 0.1) is 3.57 Å². The van der Waals surface area contributed by atoms with Crippen LogP contribution in [0.5, 0.6) is 11.5 Å². The number of hydrazone groups is 1. The summed E-state index contributed by atoms with van der Waals surface area (Å²) in [6, 6.07) is 17.3. The van der Waals surface area contributed by atoms with Crippen molar-refractivity contribution in [2.75, 3.05) is 6.61 Å². The van der Waals surface area contributed by atoms with Gasteiger partial charge in [0.1, 0.15) is 12.2 Å². The Morgan fingerprint density at radius 3 is 2.62 bits per heavy atom. The summed E-state index contributed by atoms with van der Waals surface area (Å²) in [5, 5.41) is 4.97. The maximum Gasteiger partial charge on any atom is 0.307 e. The third kappa shape index (κ3) is 7.03. The summed E-state index contributed by atoms with van der Waals surface area (Å²) in [7, 11) is 0. The number of carbonyl (C=O) groups excluding carboxylic acids is 1. The zero-order valence-electron chi connectivity index (χ0n) is 19.9. The third-order valence-corrected chi connectivity index (χ3v) is 7.04. The molecule has 0 saturated carbocycles. The second-order valence-electron chi connectivity index (χ2n) is 7.96. The van der Waals surface area contributed by atoms with Crippen molar-refractivity contribution in [2.45, 2.75) is 20.0 Å². The van der Waals surface area contributed by atoms with Gasteiger partial charge in [0.15, 0.2) is 17.3 Å². The highest BCUT2D eigenvalue weighted by molar-refractivity contribution is 14.1. The predicted octanol–water partition coefficient (Wildman–Crippen LogP) is 8.03. The van der Waals surface area contributed by atoms with E-state index < -0.39 is 5.91 Å². The molecule has 4 aromatic rings. The normalized spacial score (nSPS) is 11.1. The van der Waals surface area contributed by atoms with Crippen molar-refractivity contribution in [3.8, 4) is 11.5 Å². The summed E-state index contributed by atoms with van der Waals surface area (Å²) >= 11 is 9.09. The fourth-order valence-corrected chi connectivity index (χ4v) is 5.56. The minimum absolute atomic E-state index is 0.183. The number of nitrogens with one attached hydrogen (secondary N) is 1. The Balaban J connectivity index is 1.53. The van der Waals surface area contributed by atoms with Gasteiger partial charge < -0.3 is 13.9 Å². The number of furan rings is 1. The second kappa shape index (κ2) is 12.7. The van der Waals surface area contributed by atoms with Gasteiger partial charge in [0.25, 0.3) is 0 Å². The monoisotopic (exact) mass is 736 g/mol. The van der Waals surface area contributed by atoms with E-state index in [0.29, 0.717) is 36.7 Å². The van der Waals surface area contributed by atoms with E-state index in [0.717, 1.165) is 34.6 Å². The van der Waals surface area contributed by atoms with Gasteiger partial charge in [-0.3, -0.25) is 4.79 Å². The second-order valence-corrected chi connectivity index (χ2v) is 11.0. The van der Waals surface area contributed by atoms with Gasteiger partial charge in [-0.2, -0.15) is 5.10 Å². The Bertz CT molecular complexity index is 1470. The van der Waals surface area contributed by atoms with Gasteiger partial charge in [-0.05, 0) is 89.5 Å². The Hall–Kier alpha value is -2.63. The maximum atomic E-state index is 12.6. The molecule has 0 radical (unpaired) electrons. The molecule has 1 N–H and O–H groups in total. The molecule has 1 aromatic heterocycles. The van der Waals surface area contributed by atoms with Crippen LogP contribution in [0.3, 0.4) is 0 Å². The van der Waals surface area contributed by atoms with E-state index in [1.807, 2.05) is 61.5 Å².